The van der Waals surface area contributed by atoms with Gasteiger partial charge in [0.15, 0.2) is 0 Å². The highest BCUT2D eigenvalue weighted by Gasteiger charge is 2.14. The zero-order valence-corrected chi connectivity index (χ0v) is 15.6. The van der Waals surface area contributed by atoms with Crippen LogP contribution in [0, 0.1) is 0 Å². The Bertz CT molecular complexity index is 932. The van der Waals surface area contributed by atoms with Crippen molar-refractivity contribution in [1.29, 1.82) is 0 Å². The molecule has 0 saturated carbocycles. The second-order valence-electron chi connectivity index (χ2n) is 5.95. The van der Waals surface area contributed by atoms with E-state index >= 15 is 0 Å². The van der Waals surface area contributed by atoms with Crippen LogP contribution in [0.5, 0.6) is 0 Å². The van der Waals surface area contributed by atoms with Crippen LogP contribution in [0.15, 0.2) is 33.7 Å². The molecule has 3 aromatic heterocycles. The highest BCUT2D eigenvalue weighted by molar-refractivity contribution is 7.20. The fraction of sp³-hybridized carbons (Fsp3) is 0.412. The van der Waals surface area contributed by atoms with E-state index in [4.69, 9.17) is 4.42 Å². The van der Waals surface area contributed by atoms with E-state index in [-0.39, 0.29) is 18.0 Å². The lowest BCUT2D eigenvalue weighted by atomic mass is 10.2. The summed E-state index contributed by atoms with van der Waals surface area (Å²) in [6.07, 6.45) is 3.93. The first-order chi connectivity index (χ1) is 12.6. The molecular weight excluding hydrogens is 354 g/mol. The van der Waals surface area contributed by atoms with Crippen LogP contribution in [-0.4, -0.2) is 40.6 Å². The van der Waals surface area contributed by atoms with Crippen molar-refractivity contribution in [3.63, 3.8) is 0 Å². The zero-order chi connectivity index (χ0) is 18.5. The molecule has 8 nitrogen and oxygen atoms in total. The minimum absolute atomic E-state index is 0.120. The van der Waals surface area contributed by atoms with Crippen LogP contribution in [0.4, 0.5) is 5.13 Å². The molecule has 1 amide bonds. The minimum Gasteiger partial charge on any atom is -0.469 e. The van der Waals surface area contributed by atoms with Crippen LogP contribution in [0.1, 0.15) is 24.8 Å². The third kappa shape index (κ3) is 4.29. The number of aryl methyl sites for hydroxylation is 1. The van der Waals surface area contributed by atoms with E-state index in [9.17, 15) is 9.59 Å². The Kier molecular flexibility index (Phi) is 5.67. The van der Waals surface area contributed by atoms with Crippen molar-refractivity contribution in [3.05, 3.63) is 46.3 Å². The molecule has 0 bridgehead atoms. The molecule has 0 spiro atoms. The summed E-state index contributed by atoms with van der Waals surface area (Å²) in [6, 6.07) is 5.21. The van der Waals surface area contributed by atoms with Crippen LogP contribution >= 0.6 is 11.3 Å². The number of carbonyl (C=O) groups is 1. The molecule has 3 aromatic rings. The van der Waals surface area contributed by atoms with Crippen LogP contribution in [0.3, 0.4) is 0 Å². The number of amides is 1. The van der Waals surface area contributed by atoms with Crippen LogP contribution in [-0.2, 0) is 17.6 Å². The van der Waals surface area contributed by atoms with Gasteiger partial charge in [0.1, 0.15) is 5.76 Å². The fourth-order valence-electron chi connectivity index (χ4n) is 2.50. The third-order valence-electron chi connectivity index (χ3n) is 3.77. The average molecular weight is 375 g/mol. The van der Waals surface area contributed by atoms with Crippen molar-refractivity contribution >= 4 is 27.3 Å². The predicted molar refractivity (Wildman–Crippen MR) is 99.8 cm³/mol. The van der Waals surface area contributed by atoms with Gasteiger partial charge in [-0.15, -0.1) is 5.10 Å². The number of nitrogens with one attached hydrogen (secondary N) is 1. The molecule has 0 aliphatic rings. The number of furan rings is 1. The van der Waals surface area contributed by atoms with Crippen molar-refractivity contribution in [2.75, 3.05) is 25.0 Å². The molecule has 1 N–H and O–H groups in total. The number of likely N-dealkylation sites (N-methyl/N-ethyl adjacent to an activating group) is 1. The summed E-state index contributed by atoms with van der Waals surface area (Å²) in [6.45, 7) is 2.69. The molecule has 0 atom stereocenters. The van der Waals surface area contributed by atoms with Crippen molar-refractivity contribution in [2.45, 2.75) is 26.2 Å². The number of hydrogen-bond acceptors (Lipinski definition) is 7. The summed E-state index contributed by atoms with van der Waals surface area (Å²) in [5.41, 5.74) is 0.572. The van der Waals surface area contributed by atoms with Crippen molar-refractivity contribution < 1.29 is 9.21 Å². The Morgan fingerprint density at radius 3 is 3.00 bits per heavy atom. The normalized spacial score (nSPS) is 11.0. The van der Waals surface area contributed by atoms with Gasteiger partial charge in [-0.25, -0.2) is 4.98 Å². The van der Waals surface area contributed by atoms with Crippen LogP contribution in [0.2, 0.25) is 0 Å². The summed E-state index contributed by atoms with van der Waals surface area (Å²) in [5, 5.41) is 7.70. The van der Waals surface area contributed by atoms with Gasteiger partial charge in [-0.3, -0.25) is 9.59 Å². The molecule has 3 rings (SSSR count). The third-order valence-corrected chi connectivity index (χ3v) is 4.80. The van der Waals surface area contributed by atoms with Gasteiger partial charge < -0.3 is 14.6 Å². The smallest absolute Gasteiger partial charge is 0.275 e. The summed E-state index contributed by atoms with van der Waals surface area (Å²) >= 11 is 1.30. The van der Waals surface area contributed by atoms with Gasteiger partial charge in [0.25, 0.3) is 5.56 Å². The van der Waals surface area contributed by atoms with Crippen LogP contribution < -0.4 is 15.8 Å². The van der Waals surface area contributed by atoms with E-state index in [1.165, 1.54) is 21.9 Å². The summed E-state index contributed by atoms with van der Waals surface area (Å²) in [7, 11) is 1.77. The molecule has 0 aliphatic heterocycles. The second-order valence-corrected chi connectivity index (χ2v) is 6.88. The number of aromatic nitrogens is 3. The Labute approximate surface area is 154 Å². The summed E-state index contributed by atoms with van der Waals surface area (Å²) in [5.74, 6) is 0.712. The molecular formula is C17H21N5O3S. The molecule has 0 fully saturated rings. The number of anilines is 1. The molecule has 26 heavy (non-hydrogen) atoms. The maximum absolute atomic E-state index is 12.1. The van der Waals surface area contributed by atoms with E-state index in [1.807, 2.05) is 19.1 Å². The number of nitrogens with zero attached hydrogens (tertiary/aromatic N) is 4. The molecule has 138 valence electrons. The molecule has 3 heterocycles. The highest BCUT2D eigenvalue weighted by Crippen LogP contribution is 2.20. The highest BCUT2D eigenvalue weighted by atomic mass is 32.1. The van der Waals surface area contributed by atoms with Gasteiger partial charge in [-0.05, 0) is 18.6 Å². The lowest BCUT2D eigenvalue weighted by Gasteiger charge is -2.14. The number of carbonyl (C=O) groups excluding carboxylic acids is 1. The number of rotatable bonds is 8. The first-order valence-corrected chi connectivity index (χ1v) is 9.28. The standard InChI is InChI=1S/C17H21N5O3S/c1-3-5-12-10-15(24)22-16(19-12)26-17(20-22)21(2)11-14(23)18-8-7-13-6-4-9-25-13/h4,6,9-10H,3,5,7-8,11H2,1-2H3,(H,18,23). The first-order valence-electron chi connectivity index (χ1n) is 8.47. The van der Waals surface area contributed by atoms with Gasteiger partial charge in [0, 0.05) is 31.8 Å². The predicted octanol–water partition coefficient (Wildman–Crippen LogP) is 1.49. The van der Waals surface area contributed by atoms with Crippen LogP contribution in [0.25, 0.3) is 4.96 Å². The second kappa shape index (κ2) is 8.13. The zero-order valence-electron chi connectivity index (χ0n) is 14.8. The molecule has 0 radical (unpaired) electrons. The van der Waals surface area contributed by atoms with E-state index in [0.29, 0.717) is 23.1 Å². The Morgan fingerprint density at radius 1 is 1.42 bits per heavy atom. The monoisotopic (exact) mass is 375 g/mol. The Hall–Kier alpha value is -2.68. The topological polar surface area (TPSA) is 92.7 Å². The van der Waals surface area contributed by atoms with Crippen molar-refractivity contribution in [2.24, 2.45) is 0 Å². The largest absolute Gasteiger partial charge is 0.469 e. The van der Waals surface area contributed by atoms with E-state index in [1.54, 1.807) is 18.2 Å². The van der Waals surface area contributed by atoms with Crippen molar-refractivity contribution in [1.82, 2.24) is 19.9 Å². The minimum atomic E-state index is -0.197. The van der Waals surface area contributed by atoms with Gasteiger partial charge in [0.2, 0.25) is 16.0 Å². The average Bonchev–Trinajstić information content (AvgIpc) is 3.24. The fourth-order valence-corrected chi connectivity index (χ4v) is 3.39. The van der Waals surface area contributed by atoms with Gasteiger partial charge >= 0.3 is 0 Å². The maximum atomic E-state index is 12.1. The van der Waals surface area contributed by atoms with Gasteiger partial charge in [0.05, 0.1) is 12.8 Å². The quantitative estimate of drug-likeness (QED) is 0.641. The molecule has 0 aliphatic carbocycles. The molecule has 0 saturated heterocycles. The molecule has 0 aromatic carbocycles. The Morgan fingerprint density at radius 2 is 2.27 bits per heavy atom. The lowest BCUT2D eigenvalue weighted by Crippen LogP contribution is -2.36. The van der Waals surface area contributed by atoms with Crippen molar-refractivity contribution in [3.8, 4) is 0 Å². The van der Waals surface area contributed by atoms with Gasteiger partial charge in [-0.1, -0.05) is 24.7 Å². The van der Waals surface area contributed by atoms with E-state index < -0.39 is 0 Å². The van der Waals surface area contributed by atoms with Gasteiger partial charge in [-0.2, -0.15) is 4.52 Å². The van der Waals surface area contributed by atoms with E-state index in [0.717, 1.165) is 24.3 Å². The number of hydrogen-bond donors (Lipinski definition) is 1. The molecule has 9 heteroatoms. The molecule has 0 unspecified atom stereocenters. The van der Waals surface area contributed by atoms with E-state index in [2.05, 4.69) is 15.4 Å². The SMILES string of the molecule is CCCc1cc(=O)n2nc(N(C)CC(=O)NCCc3ccco3)sc2n1. The number of fused-ring (bicyclic) bond motifs is 1. The Balaban J connectivity index is 1.61. The first kappa shape index (κ1) is 18.1. The lowest BCUT2D eigenvalue weighted by molar-refractivity contribution is -0.119. The summed E-state index contributed by atoms with van der Waals surface area (Å²) < 4.78 is 6.51. The summed E-state index contributed by atoms with van der Waals surface area (Å²) in [4.78, 5) is 31.0. The maximum Gasteiger partial charge on any atom is 0.275 e.